The molecule has 3 rings (SSSR count). The monoisotopic (exact) mass is 309 g/mol. The van der Waals surface area contributed by atoms with E-state index in [-0.39, 0.29) is 22.9 Å². The third-order valence-electron chi connectivity index (χ3n) is 3.27. The Morgan fingerprint density at radius 2 is 2.05 bits per heavy atom. The summed E-state index contributed by atoms with van der Waals surface area (Å²) in [4.78, 5) is 20.0. The quantitative estimate of drug-likeness (QED) is 0.742. The van der Waals surface area contributed by atoms with Crippen LogP contribution in [0.1, 0.15) is 5.56 Å². The smallest absolute Gasteiger partial charge is 0.369 e. The van der Waals surface area contributed by atoms with Crippen molar-refractivity contribution >= 4 is 11.6 Å². The molecule has 0 aliphatic carbocycles. The van der Waals surface area contributed by atoms with Crippen LogP contribution in [-0.4, -0.2) is 18.9 Å². The zero-order valence-corrected chi connectivity index (χ0v) is 11.3. The third kappa shape index (κ3) is 2.20. The molecule has 3 heterocycles. The number of halogens is 3. The summed E-state index contributed by atoms with van der Waals surface area (Å²) in [6, 6.07) is 1.86. The molecule has 0 saturated carbocycles. The second-order valence-electron chi connectivity index (χ2n) is 4.70. The molecule has 3 aromatic rings. The van der Waals surface area contributed by atoms with Gasteiger partial charge in [-0.05, 0) is 12.1 Å². The number of rotatable bonds is 1. The highest BCUT2D eigenvalue weighted by molar-refractivity contribution is 5.61. The van der Waals surface area contributed by atoms with Crippen molar-refractivity contribution in [2.45, 2.75) is 6.18 Å². The summed E-state index contributed by atoms with van der Waals surface area (Å²) < 4.78 is 40.6. The average molecular weight is 309 g/mol. The molecule has 22 heavy (non-hydrogen) atoms. The molecule has 0 bridgehead atoms. The van der Waals surface area contributed by atoms with Crippen molar-refractivity contribution in [3.63, 3.8) is 0 Å². The number of pyridine rings is 1. The highest BCUT2D eigenvalue weighted by Gasteiger charge is 2.30. The van der Waals surface area contributed by atoms with Crippen LogP contribution in [-0.2, 0) is 13.2 Å². The maximum absolute atomic E-state index is 12.7. The lowest BCUT2D eigenvalue weighted by molar-refractivity contribution is -0.137. The number of alkyl halides is 3. The number of fused-ring (bicyclic) bond motifs is 1. The Hall–Kier alpha value is -2.84. The maximum atomic E-state index is 12.7. The zero-order chi connectivity index (χ0) is 16.1. The van der Waals surface area contributed by atoms with Crippen molar-refractivity contribution in [3.05, 3.63) is 46.6 Å². The largest absolute Gasteiger partial charge is 0.416 e. The number of nitrogens with two attached hydrogens (primary N) is 1. The summed E-state index contributed by atoms with van der Waals surface area (Å²) in [5, 5.41) is 0. The van der Waals surface area contributed by atoms with Gasteiger partial charge in [0.2, 0.25) is 5.95 Å². The number of nitrogens with zero attached hydrogens (tertiary/aromatic N) is 4. The van der Waals surface area contributed by atoms with Crippen LogP contribution in [0.4, 0.5) is 19.1 Å². The van der Waals surface area contributed by atoms with E-state index >= 15 is 0 Å². The van der Waals surface area contributed by atoms with E-state index in [0.717, 1.165) is 16.7 Å². The number of hydrogen-bond donors (Lipinski definition) is 1. The minimum atomic E-state index is -4.45. The lowest BCUT2D eigenvalue weighted by Gasteiger charge is -2.05. The van der Waals surface area contributed by atoms with Gasteiger partial charge < -0.3 is 10.1 Å². The van der Waals surface area contributed by atoms with Crippen LogP contribution >= 0.6 is 0 Å². The van der Waals surface area contributed by atoms with E-state index in [0.29, 0.717) is 0 Å². The van der Waals surface area contributed by atoms with Crippen molar-refractivity contribution in [2.75, 3.05) is 5.73 Å². The molecule has 0 unspecified atom stereocenters. The number of anilines is 1. The molecule has 0 aliphatic heterocycles. The van der Waals surface area contributed by atoms with E-state index in [4.69, 9.17) is 5.73 Å². The third-order valence-corrected chi connectivity index (χ3v) is 3.27. The number of nitrogen functional groups attached to an aromatic ring is 1. The average Bonchev–Trinajstić information content (AvgIpc) is 2.86. The lowest BCUT2D eigenvalue weighted by atomic mass is 10.2. The Labute approximate surface area is 121 Å². The van der Waals surface area contributed by atoms with Gasteiger partial charge in [-0.1, -0.05) is 0 Å². The van der Waals surface area contributed by atoms with E-state index in [9.17, 15) is 18.0 Å². The Morgan fingerprint density at radius 1 is 1.32 bits per heavy atom. The molecule has 114 valence electrons. The van der Waals surface area contributed by atoms with Crippen LogP contribution in [0.5, 0.6) is 0 Å². The fourth-order valence-electron chi connectivity index (χ4n) is 2.02. The molecule has 0 amide bonds. The van der Waals surface area contributed by atoms with Gasteiger partial charge in [0.25, 0.3) is 5.56 Å². The molecular weight excluding hydrogens is 299 g/mol. The van der Waals surface area contributed by atoms with Gasteiger partial charge in [0, 0.05) is 25.6 Å². The first-order valence-corrected chi connectivity index (χ1v) is 6.15. The first-order valence-electron chi connectivity index (χ1n) is 6.15. The Bertz CT molecular complexity index is 926. The topological polar surface area (TPSA) is 78.2 Å². The molecule has 2 N–H and O–H groups in total. The predicted octanol–water partition coefficient (Wildman–Crippen LogP) is 1.70. The summed E-state index contributed by atoms with van der Waals surface area (Å²) in [6.07, 6.45) is -0.495. The lowest BCUT2D eigenvalue weighted by Crippen LogP contribution is -2.22. The summed E-state index contributed by atoms with van der Waals surface area (Å²) in [7, 11) is 1.45. The van der Waals surface area contributed by atoms with Crippen molar-refractivity contribution < 1.29 is 13.2 Å². The van der Waals surface area contributed by atoms with Crippen LogP contribution < -0.4 is 11.3 Å². The molecule has 0 atom stereocenters. The summed E-state index contributed by atoms with van der Waals surface area (Å²) in [5.74, 6) is 0.0388. The number of aromatic nitrogens is 4. The van der Waals surface area contributed by atoms with E-state index in [1.54, 1.807) is 0 Å². The molecule has 0 saturated heterocycles. The molecule has 0 radical (unpaired) electrons. The number of hydrogen-bond acceptors (Lipinski definition) is 4. The molecule has 9 heteroatoms. The van der Waals surface area contributed by atoms with Gasteiger partial charge in [-0.15, -0.1) is 0 Å². The summed E-state index contributed by atoms with van der Waals surface area (Å²) in [6.45, 7) is 0. The SMILES string of the molecule is Cn1c(N)ncc(-c2cn3ccc(C(F)(F)F)cc3n2)c1=O. The second-order valence-corrected chi connectivity index (χ2v) is 4.70. The minimum absolute atomic E-state index is 0.0388. The molecule has 0 aliphatic rings. The number of imidazole rings is 1. The van der Waals surface area contributed by atoms with Gasteiger partial charge in [0.15, 0.2) is 0 Å². The highest BCUT2D eigenvalue weighted by Crippen LogP contribution is 2.30. The summed E-state index contributed by atoms with van der Waals surface area (Å²) in [5.41, 5.74) is 4.76. The van der Waals surface area contributed by atoms with Crippen molar-refractivity contribution in [2.24, 2.45) is 7.05 Å². The van der Waals surface area contributed by atoms with Gasteiger partial charge in [0.1, 0.15) is 5.65 Å². The van der Waals surface area contributed by atoms with Crippen molar-refractivity contribution in [1.29, 1.82) is 0 Å². The van der Waals surface area contributed by atoms with Gasteiger partial charge in [-0.3, -0.25) is 9.36 Å². The van der Waals surface area contributed by atoms with Crippen LogP contribution in [0.25, 0.3) is 16.9 Å². The first-order chi connectivity index (χ1) is 10.3. The van der Waals surface area contributed by atoms with Crippen LogP contribution in [0.15, 0.2) is 35.5 Å². The molecule has 0 fully saturated rings. The maximum Gasteiger partial charge on any atom is 0.416 e. The fraction of sp³-hybridized carbons (Fsp3) is 0.154. The molecule has 0 spiro atoms. The van der Waals surface area contributed by atoms with Crippen LogP contribution in [0, 0.1) is 0 Å². The molecule has 6 nitrogen and oxygen atoms in total. The van der Waals surface area contributed by atoms with E-state index in [1.807, 2.05) is 0 Å². The van der Waals surface area contributed by atoms with E-state index in [2.05, 4.69) is 9.97 Å². The Kier molecular flexibility index (Phi) is 2.94. The molecular formula is C13H10F3N5O. The second kappa shape index (κ2) is 4.58. The zero-order valence-electron chi connectivity index (χ0n) is 11.3. The van der Waals surface area contributed by atoms with Gasteiger partial charge in [-0.2, -0.15) is 13.2 Å². The predicted molar refractivity (Wildman–Crippen MR) is 73.1 cm³/mol. The Balaban J connectivity index is 2.18. The van der Waals surface area contributed by atoms with Crippen LogP contribution in [0.3, 0.4) is 0 Å². The van der Waals surface area contributed by atoms with E-state index < -0.39 is 17.3 Å². The Morgan fingerprint density at radius 3 is 2.73 bits per heavy atom. The fourth-order valence-corrected chi connectivity index (χ4v) is 2.02. The minimum Gasteiger partial charge on any atom is -0.369 e. The normalized spacial score (nSPS) is 12.0. The molecule has 3 aromatic heterocycles. The highest BCUT2D eigenvalue weighted by atomic mass is 19.4. The van der Waals surface area contributed by atoms with Gasteiger partial charge >= 0.3 is 6.18 Å². The summed E-state index contributed by atoms with van der Waals surface area (Å²) >= 11 is 0. The molecule has 0 aromatic carbocycles. The van der Waals surface area contributed by atoms with Crippen molar-refractivity contribution in [1.82, 2.24) is 18.9 Å². The standard InChI is InChI=1S/C13H10F3N5O/c1-20-11(22)8(5-18-12(20)17)9-6-21-3-2-7(13(14,15)16)4-10(21)19-9/h2-6H,1H3,(H2,17,18). The van der Waals surface area contributed by atoms with E-state index in [1.165, 1.54) is 30.0 Å². The van der Waals surface area contributed by atoms with Gasteiger partial charge in [-0.25, -0.2) is 9.97 Å². The van der Waals surface area contributed by atoms with Gasteiger partial charge in [0.05, 0.1) is 16.8 Å². The van der Waals surface area contributed by atoms with Crippen molar-refractivity contribution in [3.8, 4) is 11.3 Å². The first kappa shape index (κ1) is 14.1. The van der Waals surface area contributed by atoms with Crippen LogP contribution in [0.2, 0.25) is 0 Å².